The van der Waals surface area contributed by atoms with Crippen molar-refractivity contribution in [2.45, 2.75) is 4.90 Å². The molecular weight excluding hydrogens is 424 g/mol. The molecule has 32 heavy (non-hydrogen) atoms. The van der Waals surface area contributed by atoms with Gasteiger partial charge in [0.15, 0.2) is 0 Å². The monoisotopic (exact) mass is 446 g/mol. The number of fused-ring (bicyclic) bond motifs is 1. The number of ether oxygens (including phenoxy) is 1. The molecule has 162 valence electrons. The van der Waals surface area contributed by atoms with Gasteiger partial charge in [-0.3, -0.25) is 4.79 Å². The fourth-order valence-corrected chi connectivity index (χ4v) is 5.40. The van der Waals surface area contributed by atoms with E-state index in [-0.39, 0.29) is 10.8 Å². The van der Waals surface area contributed by atoms with Gasteiger partial charge in [0, 0.05) is 35.8 Å². The Morgan fingerprint density at radius 1 is 0.812 bits per heavy atom. The number of nitrogens with zero attached hydrogens (tertiary/aromatic N) is 2. The smallest absolute Gasteiger partial charge is 0.268 e. The standard InChI is InChI=1S/C25H22N2O4S/c28-25(26-14-16-31-17-15-26)20-10-12-21(13-11-20)32(29,30)27-18-23(19-6-2-1-3-7-19)22-8-4-5-9-24(22)27/h1-13,18H,14-17H2. The second-order valence-electron chi connectivity index (χ2n) is 7.66. The lowest BCUT2D eigenvalue weighted by atomic mass is 10.1. The third kappa shape index (κ3) is 3.59. The molecule has 2 heterocycles. The number of amides is 1. The Morgan fingerprint density at radius 3 is 2.19 bits per heavy atom. The van der Waals surface area contributed by atoms with Crippen molar-refractivity contribution in [1.29, 1.82) is 0 Å². The summed E-state index contributed by atoms with van der Waals surface area (Å²) >= 11 is 0. The number of carbonyl (C=O) groups is 1. The van der Waals surface area contributed by atoms with Crippen molar-refractivity contribution in [2.75, 3.05) is 26.3 Å². The van der Waals surface area contributed by atoms with E-state index in [0.717, 1.165) is 16.5 Å². The predicted molar refractivity (Wildman–Crippen MR) is 123 cm³/mol. The van der Waals surface area contributed by atoms with E-state index in [1.165, 1.54) is 16.1 Å². The Hall–Kier alpha value is -3.42. The van der Waals surface area contributed by atoms with E-state index < -0.39 is 10.0 Å². The van der Waals surface area contributed by atoms with Gasteiger partial charge in [0.2, 0.25) is 0 Å². The molecule has 0 radical (unpaired) electrons. The van der Waals surface area contributed by atoms with Crippen LogP contribution in [0.3, 0.4) is 0 Å². The maximum absolute atomic E-state index is 13.5. The largest absolute Gasteiger partial charge is 0.378 e. The molecule has 0 saturated carbocycles. The average Bonchev–Trinajstić information content (AvgIpc) is 3.25. The fraction of sp³-hybridized carbons (Fsp3) is 0.160. The van der Waals surface area contributed by atoms with Crippen LogP contribution >= 0.6 is 0 Å². The average molecular weight is 447 g/mol. The molecule has 0 N–H and O–H groups in total. The number of benzene rings is 3. The summed E-state index contributed by atoms with van der Waals surface area (Å²) in [5, 5.41) is 0.862. The second kappa shape index (κ2) is 8.26. The number of aromatic nitrogens is 1. The van der Waals surface area contributed by atoms with E-state index in [2.05, 4.69) is 0 Å². The van der Waals surface area contributed by atoms with E-state index in [9.17, 15) is 13.2 Å². The molecule has 0 spiro atoms. The van der Waals surface area contributed by atoms with Crippen LogP contribution < -0.4 is 0 Å². The maximum Gasteiger partial charge on any atom is 0.268 e. The van der Waals surface area contributed by atoms with Gasteiger partial charge in [-0.25, -0.2) is 12.4 Å². The van der Waals surface area contributed by atoms with E-state index in [4.69, 9.17) is 4.74 Å². The van der Waals surface area contributed by atoms with Crippen molar-refractivity contribution in [3.63, 3.8) is 0 Å². The number of para-hydroxylation sites is 1. The molecule has 0 atom stereocenters. The molecule has 1 amide bonds. The van der Waals surface area contributed by atoms with E-state index >= 15 is 0 Å². The molecule has 1 aliphatic heterocycles. The van der Waals surface area contributed by atoms with Crippen molar-refractivity contribution >= 4 is 26.8 Å². The minimum Gasteiger partial charge on any atom is -0.378 e. The van der Waals surface area contributed by atoms with Gasteiger partial charge in [-0.15, -0.1) is 0 Å². The van der Waals surface area contributed by atoms with Crippen LogP contribution in [0.2, 0.25) is 0 Å². The highest BCUT2D eigenvalue weighted by atomic mass is 32.2. The molecule has 0 bridgehead atoms. The minimum absolute atomic E-state index is 0.116. The lowest BCUT2D eigenvalue weighted by Crippen LogP contribution is -2.40. The van der Waals surface area contributed by atoms with Gasteiger partial charge in [0.1, 0.15) is 0 Å². The van der Waals surface area contributed by atoms with Gasteiger partial charge >= 0.3 is 0 Å². The van der Waals surface area contributed by atoms with Crippen molar-refractivity contribution in [2.24, 2.45) is 0 Å². The molecule has 0 aliphatic carbocycles. The quantitative estimate of drug-likeness (QED) is 0.475. The van der Waals surface area contributed by atoms with Crippen LogP contribution in [0.4, 0.5) is 0 Å². The fourth-order valence-electron chi connectivity index (χ4n) is 4.03. The van der Waals surface area contributed by atoms with Crippen LogP contribution in [-0.2, 0) is 14.8 Å². The molecule has 7 heteroatoms. The maximum atomic E-state index is 13.5. The SMILES string of the molecule is O=C(c1ccc(S(=O)(=O)n2cc(-c3ccccc3)c3ccccc32)cc1)N1CCOCC1. The number of morpholine rings is 1. The first-order chi connectivity index (χ1) is 15.6. The summed E-state index contributed by atoms with van der Waals surface area (Å²) in [7, 11) is -3.85. The summed E-state index contributed by atoms with van der Waals surface area (Å²) in [6.45, 7) is 2.11. The van der Waals surface area contributed by atoms with E-state index in [1.54, 1.807) is 29.3 Å². The molecule has 5 rings (SSSR count). The molecule has 1 fully saturated rings. The Labute approximate surface area is 186 Å². The Bertz CT molecular complexity index is 1370. The summed E-state index contributed by atoms with van der Waals surface area (Å²) < 4.78 is 33.7. The molecule has 1 aliphatic rings. The normalized spacial score (nSPS) is 14.6. The van der Waals surface area contributed by atoms with Crippen LogP contribution in [0.1, 0.15) is 10.4 Å². The minimum atomic E-state index is -3.85. The van der Waals surface area contributed by atoms with Gasteiger partial charge in [-0.05, 0) is 35.9 Å². The first kappa shape index (κ1) is 20.5. The summed E-state index contributed by atoms with van der Waals surface area (Å²) in [5.41, 5.74) is 2.88. The Kier molecular flexibility index (Phi) is 5.28. The highest BCUT2D eigenvalue weighted by Crippen LogP contribution is 2.33. The molecule has 6 nitrogen and oxygen atoms in total. The van der Waals surface area contributed by atoms with Crippen LogP contribution in [-0.4, -0.2) is 49.5 Å². The van der Waals surface area contributed by atoms with Crippen molar-refractivity contribution in [3.05, 3.63) is 90.6 Å². The summed E-state index contributed by atoms with van der Waals surface area (Å²) in [4.78, 5) is 14.5. The highest BCUT2D eigenvalue weighted by molar-refractivity contribution is 7.90. The summed E-state index contributed by atoms with van der Waals surface area (Å²) in [5.74, 6) is -0.116. The zero-order valence-corrected chi connectivity index (χ0v) is 18.2. The molecule has 4 aromatic rings. The predicted octanol–water partition coefficient (Wildman–Crippen LogP) is 4.02. The molecule has 3 aromatic carbocycles. The third-order valence-electron chi connectivity index (χ3n) is 5.72. The second-order valence-corrected chi connectivity index (χ2v) is 9.47. The zero-order chi connectivity index (χ0) is 22.1. The van der Waals surface area contributed by atoms with Crippen LogP contribution in [0.25, 0.3) is 22.0 Å². The molecule has 1 saturated heterocycles. The lowest BCUT2D eigenvalue weighted by Gasteiger charge is -2.26. The van der Waals surface area contributed by atoms with Gasteiger partial charge < -0.3 is 9.64 Å². The van der Waals surface area contributed by atoms with E-state index in [0.29, 0.717) is 37.4 Å². The number of carbonyl (C=O) groups excluding carboxylic acids is 1. The van der Waals surface area contributed by atoms with Crippen molar-refractivity contribution in [3.8, 4) is 11.1 Å². The number of hydrogen-bond acceptors (Lipinski definition) is 4. The van der Waals surface area contributed by atoms with Crippen LogP contribution in [0, 0.1) is 0 Å². The van der Waals surface area contributed by atoms with Gasteiger partial charge in [0.25, 0.3) is 15.9 Å². The van der Waals surface area contributed by atoms with Crippen molar-refractivity contribution in [1.82, 2.24) is 8.87 Å². The van der Waals surface area contributed by atoms with Crippen LogP contribution in [0.5, 0.6) is 0 Å². The highest BCUT2D eigenvalue weighted by Gasteiger charge is 2.23. The van der Waals surface area contributed by atoms with Gasteiger partial charge in [-0.1, -0.05) is 48.5 Å². The summed E-state index contributed by atoms with van der Waals surface area (Å²) in [6.07, 6.45) is 1.67. The zero-order valence-electron chi connectivity index (χ0n) is 17.3. The first-order valence-electron chi connectivity index (χ1n) is 10.4. The lowest BCUT2D eigenvalue weighted by molar-refractivity contribution is 0.0303. The van der Waals surface area contributed by atoms with Crippen LogP contribution in [0.15, 0.2) is 90.0 Å². The number of rotatable bonds is 4. The molecule has 0 unspecified atom stereocenters. The first-order valence-corrected chi connectivity index (χ1v) is 11.9. The number of hydrogen-bond donors (Lipinski definition) is 0. The van der Waals surface area contributed by atoms with Gasteiger partial charge in [-0.2, -0.15) is 0 Å². The molecule has 1 aromatic heterocycles. The third-order valence-corrected chi connectivity index (χ3v) is 7.41. The topological polar surface area (TPSA) is 68.6 Å². The molecular formula is C25H22N2O4S. The Balaban J connectivity index is 1.53. The van der Waals surface area contributed by atoms with E-state index in [1.807, 2.05) is 48.5 Å². The summed E-state index contributed by atoms with van der Waals surface area (Å²) in [6, 6.07) is 23.3. The van der Waals surface area contributed by atoms with Crippen molar-refractivity contribution < 1.29 is 17.9 Å². The van der Waals surface area contributed by atoms with Gasteiger partial charge in [0.05, 0.1) is 23.6 Å². The Morgan fingerprint density at radius 2 is 1.47 bits per heavy atom.